The Hall–Kier alpha value is -0.330. The Bertz CT molecular complexity index is 457. The summed E-state index contributed by atoms with van der Waals surface area (Å²) in [6, 6.07) is 0. The van der Waals surface area contributed by atoms with E-state index in [0.717, 1.165) is 35.5 Å². The molecule has 4 saturated carbocycles. The summed E-state index contributed by atoms with van der Waals surface area (Å²) in [6.45, 7) is 11.2. The Morgan fingerprint density at radius 3 is 2.36 bits per heavy atom. The highest BCUT2D eigenvalue weighted by atomic mass is 16.1. The van der Waals surface area contributed by atoms with Crippen LogP contribution in [0.1, 0.15) is 92.4 Å². The number of aldehydes is 1. The third-order valence-corrected chi connectivity index (χ3v) is 9.14. The number of hydrogen-bond donors (Lipinski definition) is 0. The average Bonchev–Trinajstić information content (AvgIpc) is 2.99. The third kappa shape index (κ3) is 3.23. The maximum Gasteiger partial charge on any atom is 0.123 e. The molecule has 0 aromatic heterocycles. The van der Waals surface area contributed by atoms with Gasteiger partial charge >= 0.3 is 0 Å². The minimum Gasteiger partial charge on any atom is -0.303 e. The lowest BCUT2D eigenvalue weighted by Crippen LogP contribution is -2.49. The second kappa shape index (κ2) is 7.73. The topological polar surface area (TPSA) is 17.1 Å². The summed E-state index contributed by atoms with van der Waals surface area (Å²) in [5, 5.41) is 0. The standard InChI is InChI=1S/C22H36O.C2H6/c1-14-4-6-17-16(12-14)5-7-19-18(17)10-11-22(3)20(15(2)13-23)8-9-21(19)22;1-2/h13-21H,4-12H2,1-3H3;1-2H3. The van der Waals surface area contributed by atoms with Crippen LogP contribution in [0.25, 0.3) is 0 Å². The van der Waals surface area contributed by atoms with Gasteiger partial charge in [0.25, 0.3) is 0 Å². The van der Waals surface area contributed by atoms with Gasteiger partial charge in [0.15, 0.2) is 0 Å². The lowest BCUT2D eigenvalue weighted by Gasteiger charge is -2.56. The van der Waals surface area contributed by atoms with E-state index in [9.17, 15) is 4.79 Å². The highest BCUT2D eigenvalue weighted by Gasteiger charge is 2.57. The van der Waals surface area contributed by atoms with E-state index in [4.69, 9.17) is 0 Å². The van der Waals surface area contributed by atoms with Crippen molar-refractivity contribution in [2.75, 3.05) is 0 Å². The molecule has 4 aliphatic carbocycles. The van der Waals surface area contributed by atoms with E-state index in [1.54, 1.807) is 0 Å². The fraction of sp³-hybridized carbons (Fsp3) is 0.958. The van der Waals surface area contributed by atoms with E-state index in [1.807, 2.05) is 13.8 Å². The van der Waals surface area contributed by atoms with Gasteiger partial charge in [-0.2, -0.15) is 0 Å². The van der Waals surface area contributed by atoms with Gasteiger partial charge in [0.1, 0.15) is 6.29 Å². The number of carbonyl (C=O) groups is 1. The second-order valence-corrected chi connectivity index (χ2v) is 10.1. The van der Waals surface area contributed by atoms with Crippen molar-refractivity contribution in [1.29, 1.82) is 0 Å². The SMILES string of the molecule is CC.CC1CCC2C(CCC3C2CCC2(C)C(C(C)C=O)CCC32)C1. The first-order valence-corrected chi connectivity index (χ1v) is 11.5. The summed E-state index contributed by atoms with van der Waals surface area (Å²) in [5.41, 5.74) is 0.469. The van der Waals surface area contributed by atoms with E-state index in [-0.39, 0.29) is 5.92 Å². The second-order valence-electron chi connectivity index (χ2n) is 10.1. The molecule has 4 fully saturated rings. The fourth-order valence-corrected chi connectivity index (χ4v) is 8.09. The molecule has 1 heteroatoms. The molecule has 0 amide bonds. The van der Waals surface area contributed by atoms with Gasteiger partial charge < -0.3 is 4.79 Å². The van der Waals surface area contributed by atoms with Crippen molar-refractivity contribution in [3.8, 4) is 0 Å². The van der Waals surface area contributed by atoms with Crippen molar-refractivity contribution in [3.63, 3.8) is 0 Å². The Labute approximate surface area is 156 Å². The fourth-order valence-electron chi connectivity index (χ4n) is 8.09. The lowest BCUT2D eigenvalue weighted by molar-refractivity contribution is -0.116. The maximum atomic E-state index is 11.4. The van der Waals surface area contributed by atoms with Crippen LogP contribution in [0.15, 0.2) is 0 Å². The van der Waals surface area contributed by atoms with E-state index in [0.29, 0.717) is 11.3 Å². The molecule has 25 heavy (non-hydrogen) atoms. The molecule has 0 bridgehead atoms. The normalized spacial score (nSPS) is 49.7. The van der Waals surface area contributed by atoms with E-state index in [2.05, 4.69) is 20.8 Å². The molecular formula is C24H42O. The Kier molecular flexibility index (Phi) is 6.01. The summed E-state index contributed by atoms with van der Waals surface area (Å²) in [6.07, 6.45) is 14.4. The van der Waals surface area contributed by atoms with E-state index in [1.165, 1.54) is 64.1 Å². The third-order valence-electron chi connectivity index (χ3n) is 9.14. The van der Waals surface area contributed by atoms with Gasteiger partial charge in [-0.05, 0) is 98.2 Å². The Morgan fingerprint density at radius 1 is 0.920 bits per heavy atom. The molecule has 0 heterocycles. The van der Waals surface area contributed by atoms with Crippen LogP contribution in [0, 0.1) is 52.8 Å². The van der Waals surface area contributed by atoms with Crippen molar-refractivity contribution in [2.45, 2.75) is 92.4 Å². The molecule has 144 valence electrons. The van der Waals surface area contributed by atoms with Crippen LogP contribution >= 0.6 is 0 Å². The smallest absolute Gasteiger partial charge is 0.123 e. The first-order valence-electron chi connectivity index (χ1n) is 11.5. The van der Waals surface area contributed by atoms with Gasteiger partial charge in [-0.25, -0.2) is 0 Å². The van der Waals surface area contributed by atoms with Crippen molar-refractivity contribution in [3.05, 3.63) is 0 Å². The van der Waals surface area contributed by atoms with E-state index >= 15 is 0 Å². The monoisotopic (exact) mass is 346 g/mol. The van der Waals surface area contributed by atoms with Crippen LogP contribution in [0.2, 0.25) is 0 Å². The highest BCUT2D eigenvalue weighted by molar-refractivity contribution is 5.53. The molecular weight excluding hydrogens is 304 g/mol. The zero-order valence-electron chi connectivity index (χ0n) is 17.5. The molecule has 0 aromatic carbocycles. The van der Waals surface area contributed by atoms with Gasteiger partial charge in [0.05, 0.1) is 0 Å². The molecule has 0 radical (unpaired) electrons. The van der Waals surface area contributed by atoms with Crippen LogP contribution < -0.4 is 0 Å². The van der Waals surface area contributed by atoms with Crippen LogP contribution in [0.4, 0.5) is 0 Å². The molecule has 0 saturated heterocycles. The molecule has 9 unspecified atom stereocenters. The molecule has 9 atom stereocenters. The van der Waals surface area contributed by atoms with Gasteiger partial charge in [0, 0.05) is 5.92 Å². The summed E-state index contributed by atoms with van der Waals surface area (Å²) in [5.74, 6) is 6.97. The largest absolute Gasteiger partial charge is 0.303 e. The quantitative estimate of drug-likeness (QED) is 0.505. The Balaban J connectivity index is 0.000000880. The minimum absolute atomic E-state index is 0.272. The summed E-state index contributed by atoms with van der Waals surface area (Å²) < 4.78 is 0. The number of rotatable bonds is 2. The molecule has 1 nitrogen and oxygen atoms in total. The average molecular weight is 347 g/mol. The summed E-state index contributed by atoms with van der Waals surface area (Å²) >= 11 is 0. The predicted octanol–water partition coefficient (Wildman–Crippen LogP) is 6.75. The van der Waals surface area contributed by atoms with Crippen molar-refractivity contribution < 1.29 is 4.79 Å². The van der Waals surface area contributed by atoms with Gasteiger partial charge in [-0.3, -0.25) is 0 Å². The first kappa shape index (κ1) is 19.4. The maximum absolute atomic E-state index is 11.4. The van der Waals surface area contributed by atoms with Crippen LogP contribution in [-0.4, -0.2) is 6.29 Å². The zero-order valence-corrected chi connectivity index (χ0v) is 17.5. The first-order chi connectivity index (χ1) is 12.0. The molecule has 0 N–H and O–H groups in total. The molecule has 4 aliphatic rings. The van der Waals surface area contributed by atoms with Gasteiger partial charge in [0.2, 0.25) is 0 Å². The number of hydrogen-bond acceptors (Lipinski definition) is 1. The predicted molar refractivity (Wildman–Crippen MR) is 106 cm³/mol. The summed E-state index contributed by atoms with van der Waals surface area (Å²) in [7, 11) is 0. The zero-order chi connectivity index (χ0) is 18.2. The van der Waals surface area contributed by atoms with Crippen molar-refractivity contribution in [1.82, 2.24) is 0 Å². The highest BCUT2D eigenvalue weighted by Crippen LogP contribution is 2.65. The van der Waals surface area contributed by atoms with Crippen LogP contribution in [0.3, 0.4) is 0 Å². The minimum atomic E-state index is 0.272. The lowest BCUT2D eigenvalue weighted by atomic mass is 9.49. The van der Waals surface area contributed by atoms with Gasteiger partial charge in [-0.15, -0.1) is 0 Å². The van der Waals surface area contributed by atoms with Crippen molar-refractivity contribution in [2.24, 2.45) is 52.8 Å². The molecule has 0 aromatic rings. The molecule has 0 aliphatic heterocycles. The molecule has 4 rings (SSSR count). The van der Waals surface area contributed by atoms with E-state index < -0.39 is 0 Å². The van der Waals surface area contributed by atoms with Gasteiger partial charge in [-0.1, -0.05) is 41.0 Å². The Morgan fingerprint density at radius 2 is 1.64 bits per heavy atom. The number of carbonyl (C=O) groups excluding carboxylic acids is 1. The summed E-state index contributed by atoms with van der Waals surface area (Å²) in [4.78, 5) is 11.4. The van der Waals surface area contributed by atoms with Crippen molar-refractivity contribution >= 4 is 6.29 Å². The number of fused-ring (bicyclic) bond motifs is 5. The molecule has 0 spiro atoms. The van der Waals surface area contributed by atoms with Crippen LogP contribution in [0.5, 0.6) is 0 Å². The van der Waals surface area contributed by atoms with Crippen LogP contribution in [-0.2, 0) is 4.79 Å².